The number of ether oxygens (including phenoxy) is 8. The van der Waals surface area contributed by atoms with E-state index in [1.54, 1.807) is 22.1 Å². The number of carboxylic acid groups (broad SMARTS) is 1. The largest absolute Gasteiger partial charge is 1.00 e. The summed E-state index contributed by atoms with van der Waals surface area (Å²) in [4.78, 5) is 89.4. The molecule has 0 bridgehead atoms. The van der Waals surface area contributed by atoms with E-state index in [4.69, 9.17) is 59.0 Å². The van der Waals surface area contributed by atoms with Gasteiger partial charge in [-0.2, -0.15) is 0 Å². The number of rotatable bonds is 34. The number of hydrogen-bond donors (Lipinski definition) is 2. The summed E-state index contributed by atoms with van der Waals surface area (Å²) >= 11 is 3.39. The number of anilines is 1. The Hall–Kier alpha value is -4.04. The second-order valence-corrected chi connectivity index (χ2v) is 22.3. The summed E-state index contributed by atoms with van der Waals surface area (Å²) in [7, 11) is 1.32. The Labute approximate surface area is 670 Å². The fourth-order valence-corrected chi connectivity index (χ4v) is 9.17. The van der Waals surface area contributed by atoms with Crippen LogP contribution >= 0.6 is 15.9 Å². The van der Waals surface area contributed by atoms with Crippen LogP contribution in [0.25, 0.3) is 20.9 Å². The summed E-state index contributed by atoms with van der Waals surface area (Å²) in [6.45, 7) is 15.3. The van der Waals surface area contributed by atoms with Gasteiger partial charge in [-0.05, 0) is 166 Å². The summed E-state index contributed by atoms with van der Waals surface area (Å²) in [6.07, 6.45) is 7.32. The zero-order chi connectivity index (χ0) is 66.7. The molecule has 0 radical (unpaired) electrons. The third kappa shape index (κ3) is 39.1. The van der Waals surface area contributed by atoms with Crippen LogP contribution in [0.5, 0.6) is 11.5 Å². The maximum atomic E-state index is 13.3. The number of aromatic nitrogens is 2. The number of carbonyl (C=O) groups is 6. The number of azide groups is 2. The number of fused-ring (bicyclic) bond motifs is 2. The first kappa shape index (κ1) is 87.0. The minimum absolute atomic E-state index is 0. The first-order valence-corrected chi connectivity index (χ1v) is 30.8. The van der Waals surface area contributed by atoms with Crippen molar-refractivity contribution < 1.29 is 221 Å². The van der Waals surface area contributed by atoms with Gasteiger partial charge in [-0.1, -0.05) is 38.3 Å². The van der Waals surface area contributed by atoms with Crippen LogP contribution in [0.3, 0.4) is 0 Å². The Morgan fingerprint density at radius 1 is 0.710 bits per heavy atom. The molecule has 2 aromatic heterocycles. The summed E-state index contributed by atoms with van der Waals surface area (Å²) in [5.74, 6) is -0.791. The van der Waals surface area contributed by atoms with E-state index in [-0.39, 0.29) is 183 Å². The van der Waals surface area contributed by atoms with Gasteiger partial charge < -0.3 is 64.4 Å². The number of esters is 1. The van der Waals surface area contributed by atoms with E-state index in [0.717, 1.165) is 76.0 Å². The van der Waals surface area contributed by atoms with Crippen molar-refractivity contribution in [2.45, 2.75) is 105 Å². The maximum Gasteiger partial charge on any atom is 1.00 e. The van der Waals surface area contributed by atoms with E-state index in [2.05, 4.69) is 69.1 Å². The van der Waals surface area contributed by atoms with E-state index >= 15 is 0 Å². The number of aryl methyl sites for hydroxylation is 3. The van der Waals surface area contributed by atoms with Crippen LogP contribution in [0.4, 0.5) is 10.6 Å². The second kappa shape index (κ2) is 52.1. The van der Waals surface area contributed by atoms with Crippen LogP contribution in [-0.4, -0.2) is 171 Å². The summed E-state index contributed by atoms with van der Waals surface area (Å²) in [5.41, 5.74) is 23.3. The normalized spacial score (nSPS) is 13.7. The molecule has 0 saturated heterocycles. The molecule has 31 heteroatoms. The van der Waals surface area contributed by atoms with Crippen LogP contribution in [0.15, 0.2) is 83.3 Å². The average Bonchev–Trinajstić information content (AvgIpc) is 1.69. The molecule has 0 saturated carbocycles. The Morgan fingerprint density at radius 3 is 1.67 bits per heavy atom. The monoisotopic (exact) mass is 1600 g/mol. The molecule has 2 N–H and O–H groups in total. The van der Waals surface area contributed by atoms with Crippen LogP contribution in [-0.2, 0) is 89.6 Å². The predicted octanol–water partition coefficient (Wildman–Crippen LogP) is 2.66. The van der Waals surface area contributed by atoms with Crippen LogP contribution in [0, 0.1) is 25.7 Å². The number of unbranched alkanes of at least 4 members (excludes halogenated alkanes) is 1. The minimum Gasteiger partial charge on any atom is -1.00 e. The van der Waals surface area contributed by atoms with E-state index in [9.17, 15) is 29.1 Å². The van der Waals surface area contributed by atoms with E-state index < -0.39 is 35.5 Å². The van der Waals surface area contributed by atoms with Crippen molar-refractivity contribution in [3.05, 3.63) is 133 Å². The molecule has 2 aliphatic heterocycles. The fraction of sp³-hybridized carbons (Fsp3) is 0.548. The molecule has 2 aromatic carbocycles. The molecule has 4 heterocycles. The zero-order valence-corrected chi connectivity index (χ0v) is 68.8. The topological polar surface area (TPSA) is 371 Å². The van der Waals surface area contributed by atoms with Crippen molar-refractivity contribution >= 4 is 58.1 Å². The molecule has 93 heavy (non-hydrogen) atoms. The molecule has 4 aromatic rings. The molecule has 0 aliphatic carbocycles. The van der Waals surface area contributed by atoms with Gasteiger partial charge >= 0.3 is 156 Å². The molecule has 6 rings (SSSR count). The van der Waals surface area contributed by atoms with Crippen molar-refractivity contribution in [3.8, 4) is 11.5 Å². The minimum atomic E-state index is -0.993. The first-order chi connectivity index (χ1) is 43.8. The quantitative estimate of drug-likeness (QED) is 0.00781. The van der Waals surface area contributed by atoms with Gasteiger partial charge in [0.1, 0.15) is 22.9 Å². The number of methoxy groups -OCH3 is 1. The van der Waals surface area contributed by atoms with Crippen molar-refractivity contribution in [2.75, 3.05) is 110 Å². The number of benzene rings is 2. The number of nitrogens with one attached hydrogen (secondary N) is 1. The predicted molar refractivity (Wildman–Crippen MR) is 337 cm³/mol. The molecule has 0 unspecified atom stereocenters. The number of aliphatic carboxylic acids is 1. The van der Waals surface area contributed by atoms with Gasteiger partial charge in [-0.15, -0.1) is 0 Å². The molecule has 0 spiro atoms. The molecule has 3 amide bonds. The Morgan fingerprint density at radius 2 is 1.19 bits per heavy atom. The Balaban J connectivity index is 0.00000144. The third-order valence-corrected chi connectivity index (χ3v) is 13.7. The van der Waals surface area contributed by atoms with Crippen LogP contribution in [0.2, 0.25) is 0 Å². The van der Waals surface area contributed by atoms with E-state index in [1.807, 2.05) is 82.4 Å². The fourth-order valence-electron chi connectivity index (χ4n) is 8.94. The van der Waals surface area contributed by atoms with Gasteiger partial charge in [0.25, 0.3) is 6.47 Å². The van der Waals surface area contributed by atoms with Gasteiger partial charge in [0.2, 0.25) is 11.8 Å². The second-order valence-electron chi connectivity index (χ2n) is 21.5. The molecule has 2 atom stereocenters. The molecule has 2 aliphatic rings. The van der Waals surface area contributed by atoms with E-state index in [1.165, 1.54) is 12.7 Å². The van der Waals surface area contributed by atoms with Gasteiger partial charge in [-0.25, -0.2) is 9.78 Å². The van der Waals surface area contributed by atoms with Gasteiger partial charge in [0, 0.05) is 72.5 Å². The number of nitrogens with zero attached hydrogens (tertiary/aromatic N) is 10. The van der Waals surface area contributed by atoms with E-state index in [0.29, 0.717) is 111 Å². The zero-order valence-electron chi connectivity index (χ0n) is 55.7. The van der Waals surface area contributed by atoms with Crippen molar-refractivity contribution in [1.82, 2.24) is 19.8 Å². The first-order valence-electron chi connectivity index (χ1n) is 29.6. The summed E-state index contributed by atoms with van der Waals surface area (Å²) in [6, 6.07) is 19.4. The summed E-state index contributed by atoms with van der Waals surface area (Å²) < 4.78 is 43.5. The average molecular weight is 1600 g/mol. The standard InChI is InChI=1S/C30H41N5O7.C20H27BrN4O5.C11H16N2O2.CH2O3.2Cs.H/c1-23-7-8-32-27(18-23)4-2-3-11-42-28-6-5-24-19-25(21-29(36)37)30(38)35(22-26(24)20-28)10-13-40-15-17-41-16-14-39-12-9-33-34-31;1-28-19(26)13-16-11-15-3-4-18(30-8-2-5-21)12-17(15)14-25(20(16)27)7-10-29-9-6-23-24-22;1-8-5-6-12-9(7-8)13-10(14)15-11(2,3)4;2-1-4-3;;;/h5-8,18,20,25H,2-4,9-17,19,21-22H2,1H3,(H,36,37);3-4,12,16H,2,5-11,13-14H2,1H3;5-7H,1-4H3,(H,12,13,14);1,3H;;;/q;;;;2*+1;-1/p-1/t25-;16-;;;;;/m00...../s1. The summed E-state index contributed by atoms with van der Waals surface area (Å²) in [5, 5.41) is 28.1. The number of hydrogen-bond acceptors (Lipinski definition) is 20. The number of carboxylic acids is 1. The Kier molecular flexibility index (Phi) is 48.8. The number of pyridine rings is 2. The van der Waals surface area contributed by atoms with Crippen molar-refractivity contribution in [2.24, 2.45) is 22.1 Å². The van der Waals surface area contributed by atoms with Gasteiger partial charge in [0.15, 0.2) is 0 Å². The number of amides is 3. The molecular formula is C62H86BrCs2N11O17. The number of halogens is 1. The molecule has 28 nitrogen and oxygen atoms in total. The van der Waals surface area contributed by atoms with Crippen molar-refractivity contribution in [3.63, 3.8) is 0 Å². The third-order valence-electron chi connectivity index (χ3n) is 13.1. The smallest absolute Gasteiger partial charge is 1.00 e. The Bertz CT molecular complexity index is 2980. The SMILES string of the molecule is COC(=O)C[C@@H]1Cc2ccc(OCCCBr)cc2CN(CCOCCN=[N+]=[N-])C1=O.Cc1ccnc(CCCCOc2ccc3c(c2)CN(CCOCCOCCOCCN=[N+]=[N-])C(=O)[C@H](CC(=O)O)C3)c1.Cc1ccnc(NC(=O)OC(C)(C)C)c1.O=CO[O-].[Cs+].[Cs+].[H-]. The van der Waals surface area contributed by atoms with Crippen LogP contribution < -0.4 is 158 Å². The number of carbonyl (C=O) groups excluding carboxylic acids is 5. The molecule has 500 valence electrons. The molecule has 0 fully saturated rings. The van der Waals surface area contributed by atoms with Gasteiger partial charge in [0.05, 0.1) is 97.9 Å². The maximum absolute atomic E-state index is 13.3. The van der Waals surface area contributed by atoms with Gasteiger partial charge in [-0.3, -0.25) is 34.3 Å². The van der Waals surface area contributed by atoms with Crippen molar-refractivity contribution in [1.29, 1.82) is 0 Å². The molecular weight excluding hydrogens is 1520 g/mol. The van der Waals surface area contributed by atoms with Crippen LogP contribution in [0.1, 0.15) is 93.4 Å². The number of alkyl halides is 1.